The minimum atomic E-state index is -5.84. The number of rotatable bonds is 0. The van der Waals surface area contributed by atoms with Crippen LogP contribution in [0.2, 0.25) is 0 Å². The molecule has 0 bridgehead atoms. The van der Waals surface area contributed by atoms with E-state index in [4.69, 9.17) is 71.7 Å². The molecule has 0 unspecified atom stereocenters. The quantitative estimate of drug-likeness (QED) is 0.0464. The van der Waals surface area contributed by atoms with E-state index in [1.54, 1.807) is 0 Å². The van der Waals surface area contributed by atoms with Gasteiger partial charge in [0.25, 0.3) is 0 Å². The van der Waals surface area contributed by atoms with E-state index in [2.05, 4.69) is 0 Å². The van der Waals surface area contributed by atoms with Gasteiger partial charge in [0.2, 0.25) is 0 Å². The molecular formula is CH19F9O21SSb6. The van der Waals surface area contributed by atoms with Crippen molar-refractivity contribution >= 4 is 136 Å². The Kier molecular flexibility index (Phi) is 122. The van der Waals surface area contributed by atoms with Crippen molar-refractivity contribution in [1.82, 2.24) is 0 Å². The zero-order valence-electron chi connectivity index (χ0n) is 16.3. The third-order valence-corrected chi connectivity index (χ3v) is 0.877. The molecule has 0 aliphatic rings. The van der Waals surface area contributed by atoms with E-state index in [-0.39, 0.29) is 28.2 Å². The van der Waals surface area contributed by atoms with E-state index in [9.17, 15) is 13.2 Å². The van der Waals surface area contributed by atoms with Gasteiger partial charge < -0.3 is 0 Å². The van der Waals surface area contributed by atoms with E-state index in [0.29, 0.717) is 0 Å². The molecule has 21 nitrogen and oxygen atoms in total. The van der Waals surface area contributed by atoms with Crippen LogP contribution in [0.15, 0.2) is 0 Å². The summed E-state index contributed by atoms with van der Waals surface area (Å²) < 4.78 is 197. The summed E-state index contributed by atoms with van der Waals surface area (Å²) in [6.07, 6.45) is 0. The van der Waals surface area contributed by atoms with Gasteiger partial charge in [0.05, 0.1) is 0 Å². The number of alkyl halides is 3. The standard InChI is InChI=1S/CHF3O3S.6FH.12H2O.6O.6Sb/c2-1(3,4)8(5,6)7;;;;;;;;;;;;;;;;;;;;;;;;;;;;;;/h(H,5,6,7);6*1H;12*1H2;;;;;;;;;;;;/q;;;;;;;;;;;;;;;;;;;;;;;;;6*+2/p-12. The summed E-state index contributed by atoms with van der Waals surface area (Å²) in [5, 5.41) is 0. The van der Waals surface area contributed by atoms with Gasteiger partial charge in [-0.2, -0.15) is 21.6 Å². The van der Waals surface area contributed by atoms with E-state index in [1.165, 1.54) is 0 Å². The molecule has 0 rings (SSSR count). The molecule has 6 radical (unpaired) electrons. The van der Waals surface area contributed by atoms with Gasteiger partial charge in [0.1, 0.15) is 0 Å². The van der Waals surface area contributed by atoms with Crippen LogP contribution in [-0.4, -0.2) is 185 Å². The molecule has 0 aromatic heterocycles. The average Bonchev–Trinajstić information content (AvgIpc) is 2.30. The molecule has 0 aromatic rings. The molecule has 0 saturated carbocycles. The van der Waals surface area contributed by atoms with Gasteiger partial charge in [0.15, 0.2) is 0 Å². The van der Waals surface area contributed by atoms with Crippen LogP contribution in [0, 0.1) is 0 Å². The Morgan fingerprint density at radius 3 is 0.421 bits per heavy atom. The first-order valence-corrected chi connectivity index (χ1v) is 26.2. The van der Waals surface area contributed by atoms with Gasteiger partial charge in [-0.3, -0.25) is 32.8 Å². The summed E-state index contributed by atoms with van der Waals surface area (Å²) in [4.78, 5) is 0. The van der Waals surface area contributed by atoms with Crippen LogP contribution in [0.25, 0.3) is 0 Å². The summed E-state index contributed by atoms with van der Waals surface area (Å²) in [7, 11) is -5.84. The molecule has 0 saturated heterocycles. The molecule has 37 heteroatoms. The van der Waals surface area contributed by atoms with Crippen LogP contribution in [0.1, 0.15) is 0 Å². The third kappa shape index (κ3) is 409. The van der Waals surface area contributed by atoms with Crippen LogP contribution in [0.3, 0.4) is 0 Å². The van der Waals surface area contributed by atoms with E-state index >= 15 is 0 Å². The number of halogens is 9. The molecule has 0 aliphatic heterocycles. The van der Waals surface area contributed by atoms with Crippen molar-refractivity contribution in [2.45, 2.75) is 5.51 Å². The van der Waals surface area contributed by atoms with Crippen molar-refractivity contribution in [3.05, 3.63) is 0 Å². The van der Waals surface area contributed by atoms with Crippen molar-refractivity contribution in [3.8, 4) is 0 Å². The summed E-state index contributed by atoms with van der Waals surface area (Å²) in [6, 6.07) is 0. The van der Waals surface area contributed by atoms with Crippen LogP contribution in [-0.2, 0) is 28.2 Å². The van der Waals surface area contributed by atoms with Crippen molar-refractivity contribution < 1.29 is 113 Å². The van der Waals surface area contributed by atoms with E-state index in [0.717, 1.165) is 0 Å². The van der Waals surface area contributed by atoms with Crippen molar-refractivity contribution in [1.29, 1.82) is 0 Å². The summed E-state index contributed by atoms with van der Waals surface area (Å²) in [5.74, 6) is 0. The van der Waals surface area contributed by atoms with Crippen molar-refractivity contribution in [2.75, 3.05) is 0 Å². The first-order valence-electron chi connectivity index (χ1n) is 4.78. The fourth-order valence-corrected chi connectivity index (χ4v) is 0. The fraction of sp³-hybridized carbons (Fsp3) is 1.00. The first-order chi connectivity index (χ1) is 13.6. The molecule has 0 fully saturated rings. The third-order valence-electron chi connectivity index (χ3n) is 0.292. The second-order valence-electron chi connectivity index (χ2n) is 2.44. The van der Waals surface area contributed by atoms with Crippen molar-refractivity contribution in [3.63, 3.8) is 0 Å². The zero-order chi connectivity index (χ0) is 28.5. The van der Waals surface area contributed by atoms with E-state index < -0.39 is 142 Å². The number of hydrogen-bond acceptors (Lipinski definition) is 8. The summed E-state index contributed by atoms with van der Waals surface area (Å²) >= 11 is -22.2. The summed E-state index contributed by atoms with van der Waals surface area (Å²) in [5.41, 5.74) is -5.53. The van der Waals surface area contributed by atoms with Crippen LogP contribution in [0.5, 0.6) is 0 Å². The Hall–Kier alpha value is 2.51. The van der Waals surface area contributed by atoms with Crippen LogP contribution in [0.4, 0.5) is 41.4 Å². The van der Waals surface area contributed by atoms with Gasteiger partial charge in [0, 0.05) is 0 Å². The molecule has 0 spiro atoms. The second kappa shape index (κ2) is 55.4. The molecule has 13 N–H and O–H groups in total. The Labute approximate surface area is 251 Å². The Balaban J connectivity index is -0.0000000173. The SMILES string of the molecule is F.F.F.F.F.F.O=S(=O)(O)C(F)(F)F.[O]=[Sb]([OH])[OH].[O]=[Sb]([OH])[OH].[O]=[Sb]([OH])[OH].[O]=[Sb]([OH])[OH].[O]=[Sb]([OH])[OH].[O]=[Sb]([OH])[OH]. The molecule has 0 aromatic carbocycles. The maximum absolute atomic E-state index is 10.7. The van der Waals surface area contributed by atoms with Gasteiger partial charge in [-0.25, -0.2) is 0 Å². The molecule has 0 heterocycles. The molecule has 248 valence electrons. The van der Waals surface area contributed by atoms with E-state index in [1.807, 2.05) is 0 Å². The first kappa shape index (κ1) is 83.6. The molecule has 38 heavy (non-hydrogen) atoms. The Morgan fingerprint density at radius 2 is 0.421 bits per heavy atom. The predicted octanol–water partition coefficient (Wildman–Crippen LogP) is -8.37. The van der Waals surface area contributed by atoms with Crippen LogP contribution >= 0.6 is 0 Å². The minimum absolute atomic E-state index is 0. The second-order valence-corrected chi connectivity index (χ2v) is 12.5. The zero-order valence-corrected chi connectivity index (χ0v) is 32.4. The van der Waals surface area contributed by atoms with Crippen molar-refractivity contribution in [2.24, 2.45) is 0 Å². The topological polar surface area (TPSA) is 400 Å². The fourth-order valence-electron chi connectivity index (χ4n) is 0. The summed E-state index contributed by atoms with van der Waals surface area (Å²) in [6.45, 7) is 0. The van der Waals surface area contributed by atoms with Gasteiger partial charge >= 0.3 is 201 Å². The molecule has 0 atom stereocenters. The average molecular weight is 1300 g/mol. The maximum atomic E-state index is 10.7. The molecule has 0 amide bonds. The molecular weight excluding hydrogens is 1280 g/mol. The normalized spacial score (nSPS) is 7.05. The predicted molar refractivity (Wildman–Crippen MR) is 97.9 cm³/mol. The van der Waals surface area contributed by atoms with Crippen LogP contribution < -0.4 is 0 Å². The monoisotopic (exact) mass is 1300 g/mol. The Bertz CT molecular complexity index is 552. The number of hydrogen-bond donors (Lipinski definition) is 13. The van der Waals surface area contributed by atoms with Gasteiger partial charge in [-0.15, -0.1) is 0 Å². The Morgan fingerprint density at radius 1 is 0.395 bits per heavy atom. The molecule has 0 aliphatic carbocycles. The van der Waals surface area contributed by atoms with Gasteiger partial charge in [-0.1, -0.05) is 0 Å². The van der Waals surface area contributed by atoms with Gasteiger partial charge in [-0.05, 0) is 0 Å².